The molecule has 1 amide bonds. The highest BCUT2D eigenvalue weighted by atomic mass is 16.6. The molecule has 4 nitrogen and oxygen atoms in total. The van der Waals surface area contributed by atoms with Gasteiger partial charge in [-0.15, -0.1) is 0 Å². The van der Waals surface area contributed by atoms with Gasteiger partial charge in [-0.1, -0.05) is 30.3 Å². The third-order valence-corrected chi connectivity index (χ3v) is 4.60. The summed E-state index contributed by atoms with van der Waals surface area (Å²) < 4.78 is 5.43. The Labute approximate surface area is 132 Å². The number of carbonyl (C=O) groups excluding carboxylic acids is 1. The predicted molar refractivity (Wildman–Crippen MR) is 86.6 cm³/mol. The van der Waals surface area contributed by atoms with Crippen LogP contribution in [0.1, 0.15) is 45.6 Å². The Morgan fingerprint density at radius 3 is 2.77 bits per heavy atom. The second-order valence-electron chi connectivity index (χ2n) is 7.69. The molecule has 1 N–H and O–H groups in total. The van der Waals surface area contributed by atoms with Crippen LogP contribution in [0.5, 0.6) is 0 Å². The van der Waals surface area contributed by atoms with E-state index >= 15 is 0 Å². The van der Waals surface area contributed by atoms with Gasteiger partial charge in [-0.05, 0) is 45.6 Å². The molecular formula is C18H26N2O2. The molecule has 2 bridgehead atoms. The Bertz CT molecular complexity index is 538. The zero-order chi connectivity index (χ0) is 15.8. The normalized spacial score (nSPS) is 27.9. The second kappa shape index (κ2) is 5.58. The fourth-order valence-electron chi connectivity index (χ4n) is 3.75. The van der Waals surface area contributed by atoms with Gasteiger partial charge in [-0.25, -0.2) is 4.79 Å². The molecular weight excluding hydrogens is 276 g/mol. The maximum Gasteiger partial charge on any atom is 0.408 e. The van der Waals surface area contributed by atoms with Crippen LogP contribution in [-0.2, 0) is 11.3 Å². The Morgan fingerprint density at radius 1 is 1.36 bits per heavy atom. The lowest BCUT2D eigenvalue weighted by molar-refractivity contribution is 0.0446. The lowest BCUT2D eigenvalue weighted by atomic mass is 9.99. The van der Waals surface area contributed by atoms with Gasteiger partial charge in [0.1, 0.15) is 5.60 Å². The number of amides is 1. The van der Waals surface area contributed by atoms with Gasteiger partial charge in [-0.3, -0.25) is 4.90 Å². The number of hydrogen-bond acceptors (Lipinski definition) is 3. The Hall–Kier alpha value is -1.55. The molecule has 2 aliphatic rings. The van der Waals surface area contributed by atoms with Crippen molar-refractivity contribution < 1.29 is 9.53 Å². The van der Waals surface area contributed by atoms with Crippen molar-refractivity contribution in [3.63, 3.8) is 0 Å². The molecule has 120 valence electrons. The summed E-state index contributed by atoms with van der Waals surface area (Å²) in [7, 11) is 0. The van der Waals surface area contributed by atoms with Crippen molar-refractivity contribution in [2.45, 2.75) is 63.8 Å². The minimum atomic E-state index is -0.443. The van der Waals surface area contributed by atoms with Crippen molar-refractivity contribution >= 4 is 6.09 Å². The van der Waals surface area contributed by atoms with Crippen LogP contribution in [0.2, 0.25) is 0 Å². The molecule has 1 saturated heterocycles. The lowest BCUT2D eigenvalue weighted by Gasteiger charge is -2.34. The summed E-state index contributed by atoms with van der Waals surface area (Å²) in [5, 5.41) is 3.15. The predicted octanol–water partition coefficient (Wildman–Crippen LogP) is 3.32. The van der Waals surface area contributed by atoms with E-state index in [0.29, 0.717) is 6.04 Å². The Balaban J connectivity index is 1.61. The van der Waals surface area contributed by atoms with Gasteiger partial charge in [0.2, 0.25) is 0 Å². The Kier molecular flexibility index (Phi) is 3.89. The standard InChI is InChI=1S/C18H26N2O2/c1-17(2,3)22-16(21)19-18-10-9-15(11-18)20(13-18)12-14-7-5-4-6-8-14/h4-8,15H,9-13H2,1-3H3,(H,19,21). The molecule has 1 aromatic carbocycles. The quantitative estimate of drug-likeness (QED) is 0.931. The van der Waals surface area contributed by atoms with Crippen LogP contribution < -0.4 is 5.32 Å². The summed E-state index contributed by atoms with van der Waals surface area (Å²) in [6.07, 6.45) is 2.97. The zero-order valence-electron chi connectivity index (χ0n) is 13.8. The molecule has 2 unspecified atom stereocenters. The molecule has 1 aliphatic carbocycles. The molecule has 1 aliphatic heterocycles. The molecule has 1 saturated carbocycles. The first-order chi connectivity index (χ1) is 10.4. The van der Waals surface area contributed by atoms with Crippen LogP contribution >= 0.6 is 0 Å². The number of rotatable bonds is 3. The minimum absolute atomic E-state index is 0.0955. The van der Waals surface area contributed by atoms with Gasteiger partial charge in [0.05, 0.1) is 5.54 Å². The topological polar surface area (TPSA) is 41.6 Å². The van der Waals surface area contributed by atoms with Gasteiger partial charge >= 0.3 is 6.09 Å². The van der Waals surface area contributed by atoms with Crippen molar-refractivity contribution in [3.8, 4) is 0 Å². The van der Waals surface area contributed by atoms with E-state index in [0.717, 1.165) is 32.4 Å². The molecule has 2 fully saturated rings. The summed E-state index contributed by atoms with van der Waals surface area (Å²) in [5.41, 5.74) is 0.797. The summed E-state index contributed by atoms with van der Waals surface area (Å²) in [5.74, 6) is 0. The van der Waals surface area contributed by atoms with E-state index in [4.69, 9.17) is 4.74 Å². The number of alkyl carbamates (subject to hydrolysis) is 1. The van der Waals surface area contributed by atoms with E-state index in [1.807, 2.05) is 26.8 Å². The number of carbonyl (C=O) groups is 1. The lowest BCUT2D eigenvalue weighted by Crippen LogP contribution is -2.52. The summed E-state index contributed by atoms with van der Waals surface area (Å²) in [4.78, 5) is 14.6. The third kappa shape index (κ3) is 3.43. The van der Waals surface area contributed by atoms with Gasteiger partial charge in [-0.2, -0.15) is 0 Å². The molecule has 3 rings (SSSR count). The molecule has 1 aromatic rings. The SMILES string of the molecule is CC(C)(C)OC(=O)NC12CCC(C1)N(Cc1ccccc1)C2. The molecule has 0 radical (unpaired) electrons. The average molecular weight is 302 g/mol. The van der Waals surface area contributed by atoms with Crippen molar-refractivity contribution in [1.82, 2.24) is 10.2 Å². The fraction of sp³-hybridized carbons (Fsp3) is 0.611. The number of ether oxygens (including phenoxy) is 1. The monoisotopic (exact) mass is 302 g/mol. The van der Waals surface area contributed by atoms with Gasteiger partial charge < -0.3 is 10.1 Å². The first-order valence-corrected chi connectivity index (χ1v) is 8.14. The molecule has 4 heteroatoms. The van der Waals surface area contributed by atoms with E-state index in [2.05, 4.69) is 34.5 Å². The van der Waals surface area contributed by atoms with E-state index in [-0.39, 0.29) is 11.6 Å². The van der Waals surface area contributed by atoms with Crippen LogP contribution in [0.3, 0.4) is 0 Å². The van der Waals surface area contributed by atoms with Crippen molar-refractivity contribution in [2.75, 3.05) is 6.54 Å². The first kappa shape index (κ1) is 15.3. The number of fused-ring (bicyclic) bond motifs is 2. The van der Waals surface area contributed by atoms with Gasteiger partial charge in [0.15, 0.2) is 0 Å². The minimum Gasteiger partial charge on any atom is -0.444 e. The Morgan fingerprint density at radius 2 is 2.09 bits per heavy atom. The molecule has 1 heterocycles. The average Bonchev–Trinajstić information content (AvgIpc) is 2.94. The molecule has 0 aromatic heterocycles. The highest BCUT2D eigenvalue weighted by Gasteiger charge is 2.50. The molecule has 0 spiro atoms. The van der Waals surface area contributed by atoms with Crippen LogP contribution in [-0.4, -0.2) is 34.7 Å². The molecule has 22 heavy (non-hydrogen) atoms. The number of likely N-dealkylation sites (tertiary alicyclic amines) is 1. The first-order valence-electron chi connectivity index (χ1n) is 8.14. The summed E-state index contributed by atoms with van der Waals surface area (Å²) in [6.45, 7) is 7.59. The van der Waals surface area contributed by atoms with Crippen molar-refractivity contribution in [3.05, 3.63) is 35.9 Å². The maximum absolute atomic E-state index is 12.1. The van der Waals surface area contributed by atoms with Crippen molar-refractivity contribution in [2.24, 2.45) is 0 Å². The number of nitrogens with zero attached hydrogens (tertiary/aromatic N) is 1. The fourth-order valence-corrected chi connectivity index (χ4v) is 3.75. The van der Waals surface area contributed by atoms with Crippen molar-refractivity contribution in [1.29, 1.82) is 0 Å². The maximum atomic E-state index is 12.1. The highest BCUT2D eigenvalue weighted by molar-refractivity contribution is 5.69. The number of piperidine rings is 1. The van der Waals surface area contributed by atoms with Crippen LogP contribution in [0, 0.1) is 0 Å². The number of hydrogen-bond donors (Lipinski definition) is 1. The summed E-state index contributed by atoms with van der Waals surface area (Å²) >= 11 is 0. The third-order valence-electron chi connectivity index (χ3n) is 4.60. The van der Waals surface area contributed by atoms with E-state index in [9.17, 15) is 4.79 Å². The number of nitrogens with one attached hydrogen (secondary N) is 1. The van der Waals surface area contributed by atoms with E-state index in [1.54, 1.807) is 0 Å². The van der Waals surface area contributed by atoms with Gasteiger partial charge in [0, 0.05) is 19.1 Å². The highest BCUT2D eigenvalue weighted by Crippen LogP contribution is 2.41. The summed E-state index contributed by atoms with van der Waals surface area (Å²) in [6, 6.07) is 11.1. The second-order valence-corrected chi connectivity index (χ2v) is 7.69. The zero-order valence-corrected chi connectivity index (χ0v) is 13.8. The van der Waals surface area contributed by atoms with E-state index < -0.39 is 5.60 Å². The number of benzene rings is 1. The largest absolute Gasteiger partial charge is 0.444 e. The molecule has 2 atom stereocenters. The van der Waals surface area contributed by atoms with Crippen LogP contribution in [0.15, 0.2) is 30.3 Å². The van der Waals surface area contributed by atoms with E-state index in [1.165, 1.54) is 5.56 Å². The van der Waals surface area contributed by atoms with Crippen LogP contribution in [0.25, 0.3) is 0 Å². The smallest absolute Gasteiger partial charge is 0.408 e. The van der Waals surface area contributed by atoms with Gasteiger partial charge in [0.25, 0.3) is 0 Å². The van der Waals surface area contributed by atoms with Crippen LogP contribution in [0.4, 0.5) is 4.79 Å².